The van der Waals surface area contributed by atoms with Crippen LogP contribution in [0.2, 0.25) is 0 Å². The van der Waals surface area contributed by atoms with Crippen LogP contribution in [0.15, 0.2) is 54.6 Å². The molecule has 1 N–H and O–H groups in total. The van der Waals surface area contributed by atoms with E-state index in [-0.39, 0.29) is 30.3 Å². The van der Waals surface area contributed by atoms with Gasteiger partial charge in [0.15, 0.2) is 0 Å². The first-order valence-electron chi connectivity index (χ1n) is 8.89. The Labute approximate surface area is 163 Å². The lowest BCUT2D eigenvalue weighted by molar-refractivity contribution is -0.132. The van der Waals surface area contributed by atoms with E-state index in [0.29, 0.717) is 0 Å². The third-order valence-corrected chi connectivity index (χ3v) is 5.81. The number of aromatic nitrogens is 1. The Morgan fingerprint density at radius 3 is 2.44 bits per heavy atom. The Hall–Kier alpha value is -2.73. The molecule has 0 spiro atoms. The number of thiazole rings is 1. The van der Waals surface area contributed by atoms with E-state index in [0.717, 1.165) is 20.8 Å². The van der Waals surface area contributed by atoms with Gasteiger partial charge in [-0.05, 0) is 24.6 Å². The maximum Gasteiger partial charge on any atom is 0.225 e. The summed E-state index contributed by atoms with van der Waals surface area (Å²) in [6, 6.07) is 17.0. The third kappa shape index (κ3) is 4.52. The summed E-state index contributed by atoms with van der Waals surface area (Å²) in [6.45, 7) is 3.44. The second-order valence-corrected chi connectivity index (χ2v) is 7.63. The van der Waals surface area contributed by atoms with Crippen LogP contribution in [-0.4, -0.2) is 28.7 Å². The summed E-state index contributed by atoms with van der Waals surface area (Å²) < 4.78 is 1.11. The van der Waals surface area contributed by atoms with E-state index in [1.54, 1.807) is 23.3 Å². The molecule has 0 aliphatic heterocycles. The molecule has 3 rings (SSSR count). The predicted molar refractivity (Wildman–Crippen MR) is 108 cm³/mol. The molecule has 140 valence electrons. The molecule has 0 aliphatic carbocycles. The maximum atomic E-state index is 12.9. The van der Waals surface area contributed by atoms with Crippen LogP contribution in [0.25, 0.3) is 10.2 Å². The Morgan fingerprint density at radius 1 is 1.11 bits per heavy atom. The molecule has 27 heavy (non-hydrogen) atoms. The van der Waals surface area contributed by atoms with Crippen LogP contribution in [-0.2, 0) is 9.59 Å². The summed E-state index contributed by atoms with van der Waals surface area (Å²) in [5.41, 5.74) is 1.87. The highest BCUT2D eigenvalue weighted by atomic mass is 32.1. The number of nitrogens with zero attached hydrogens (tertiary/aromatic N) is 2. The fourth-order valence-electron chi connectivity index (χ4n) is 2.95. The summed E-state index contributed by atoms with van der Waals surface area (Å²) in [5, 5.41) is 3.79. The lowest BCUT2D eigenvalue weighted by Crippen LogP contribution is -2.35. The van der Waals surface area contributed by atoms with Crippen LogP contribution in [0, 0.1) is 0 Å². The van der Waals surface area contributed by atoms with Gasteiger partial charge < -0.3 is 10.2 Å². The highest BCUT2D eigenvalue weighted by Gasteiger charge is 2.24. The van der Waals surface area contributed by atoms with Gasteiger partial charge in [-0.25, -0.2) is 4.98 Å². The van der Waals surface area contributed by atoms with Crippen LogP contribution in [0.1, 0.15) is 42.9 Å². The third-order valence-electron chi connectivity index (χ3n) is 4.60. The highest BCUT2D eigenvalue weighted by Crippen LogP contribution is 2.29. The molecule has 0 saturated carbocycles. The van der Waals surface area contributed by atoms with Crippen LogP contribution < -0.4 is 5.32 Å². The smallest absolute Gasteiger partial charge is 0.225 e. The van der Waals surface area contributed by atoms with Crippen molar-refractivity contribution < 1.29 is 9.59 Å². The number of hydrogen-bond acceptors (Lipinski definition) is 4. The molecule has 1 aromatic heterocycles. The Kier molecular flexibility index (Phi) is 5.86. The molecule has 0 fully saturated rings. The Balaban J connectivity index is 1.75. The normalized spacial score (nSPS) is 13.1. The van der Waals surface area contributed by atoms with Gasteiger partial charge in [-0.3, -0.25) is 9.59 Å². The zero-order valence-corrected chi connectivity index (χ0v) is 16.5. The van der Waals surface area contributed by atoms with E-state index in [1.807, 2.05) is 61.5 Å². The van der Waals surface area contributed by atoms with Crippen molar-refractivity contribution in [3.63, 3.8) is 0 Å². The molecule has 3 aromatic rings. The minimum absolute atomic E-state index is 0.0376. The van der Waals surface area contributed by atoms with Crippen LogP contribution in [0.5, 0.6) is 0 Å². The van der Waals surface area contributed by atoms with E-state index in [2.05, 4.69) is 10.3 Å². The number of para-hydroxylation sites is 1. The molecular formula is C21H23N3O2S. The van der Waals surface area contributed by atoms with Gasteiger partial charge in [0.05, 0.1) is 28.7 Å². The van der Waals surface area contributed by atoms with Crippen molar-refractivity contribution in [3.8, 4) is 0 Å². The number of hydrogen-bond donors (Lipinski definition) is 1. The molecule has 0 radical (unpaired) electrons. The highest BCUT2D eigenvalue weighted by molar-refractivity contribution is 7.18. The standard InChI is InChI=1S/C21H23N3O2S/c1-14(21-23-17-11-7-8-12-19(17)27-21)24(3)20(26)13-18(22-15(2)25)16-9-5-4-6-10-16/h4-12,14,18H,13H2,1-3H3,(H,22,25)/t14-,18-/m1/s1. The van der Waals surface area contributed by atoms with Gasteiger partial charge in [0, 0.05) is 14.0 Å². The first-order valence-corrected chi connectivity index (χ1v) is 9.70. The van der Waals surface area contributed by atoms with Crippen molar-refractivity contribution in [1.29, 1.82) is 0 Å². The van der Waals surface area contributed by atoms with Crippen molar-refractivity contribution >= 4 is 33.4 Å². The average Bonchev–Trinajstić information content (AvgIpc) is 3.10. The molecular weight excluding hydrogens is 358 g/mol. The number of amides is 2. The zero-order chi connectivity index (χ0) is 19.4. The summed E-state index contributed by atoms with van der Waals surface area (Å²) >= 11 is 1.60. The van der Waals surface area contributed by atoms with Gasteiger partial charge in [-0.15, -0.1) is 11.3 Å². The number of carbonyl (C=O) groups is 2. The summed E-state index contributed by atoms with van der Waals surface area (Å²) in [4.78, 5) is 30.8. The summed E-state index contributed by atoms with van der Waals surface area (Å²) in [7, 11) is 1.79. The topological polar surface area (TPSA) is 62.3 Å². The second-order valence-electron chi connectivity index (χ2n) is 6.57. The lowest BCUT2D eigenvalue weighted by Gasteiger charge is -2.26. The predicted octanol–water partition coefficient (Wildman–Crippen LogP) is 4.08. The average molecular weight is 382 g/mol. The van der Waals surface area contributed by atoms with E-state index in [9.17, 15) is 9.59 Å². The maximum absolute atomic E-state index is 12.9. The molecule has 2 aromatic carbocycles. The second kappa shape index (κ2) is 8.31. The van der Waals surface area contributed by atoms with Crippen molar-refractivity contribution in [2.45, 2.75) is 32.4 Å². The number of fused-ring (bicyclic) bond motifs is 1. The van der Waals surface area contributed by atoms with Gasteiger partial charge >= 0.3 is 0 Å². The van der Waals surface area contributed by atoms with Crippen LogP contribution in [0.3, 0.4) is 0 Å². The number of carbonyl (C=O) groups excluding carboxylic acids is 2. The van der Waals surface area contributed by atoms with Gasteiger partial charge in [0.25, 0.3) is 0 Å². The molecule has 2 amide bonds. The first kappa shape index (κ1) is 19.0. The van der Waals surface area contributed by atoms with Crippen molar-refractivity contribution in [3.05, 3.63) is 65.2 Å². The van der Waals surface area contributed by atoms with E-state index in [4.69, 9.17) is 0 Å². The minimum atomic E-state index is -0.346. The van der Waals surface area contributed by atoms with Gasteiger partial charge in [0.2, 0.25) is 11.8 Å². The van der Waals surface area contributed by atoms with Crippen LogP contribution >= 0.6 is 11.3 Å². The fraction of sp³-hybridized carbons (Fsp3) is 0.286. The van der Waals surface area contributed by atoms with Crippen molar-refractivity contribution in [1.82, 2.24) is 15.2 Å². The quantitative estimate of drug-likeness (QED) is 0.700. The van der Waals surface area contributed by atoms with Crippen molar-refractivity contribution in [2.24, 2.45) is 0 Å². The summed E-state index contributed by atoms with van der Waals surface area (Å²) in [5.74, 6) is -0.192. The Morgan fingerprint density at radius 2 is 1.78 bits per heavy atom. The minimum Gasteiger partial charge on any atom is -0.349 e. The number of benzene rings is 2. The fourth-order valence-corrected chi connectivity index (χ4v) is 4.01. The number of nitrogens with one attached hydrogen (secondary N) is 1. The first-order chi connectivity index (χ1) is 13.0. The zero-order valence-electron chi connectivity index (χ0n) is 15.7. The molecule has 5 nitrogen and oxygen atoms in total. The molecule has 0 bridgehead atoms. The van der Waals surface area contributed by atoms with E-state index >= 15 is 0 Å². The van der Waals surface area contributed by atoms with Gasteiger partial charge in [-0.2, -0.15) is 0 Å². The van der Waals surface area contributed by atoms with Gasteiger partial charge in [-0.1, -0.05) is 42.5 Å². The number of rotatable bonds is 6. The van der Waals surface area contributed by atoms with Crippen molar-refractivity contribution in [2.75, 3.05) is 7.05 Å². The molecule has 0 saturated heterocycles. The molecule has 6 heteroatoms. The summed E-state index contributed by atoms with van der Waals surface area (Å²) in [6.07, 6.45) is 0.204. The van der Waals surface area contributed by atoms with E-state index in [1.165, 1.54) is 6.92 Å². The lowest BCUT2D eigenvalue weighted by atomic mass is 10.0. The molecule has 2 atom stereocenters. The van der Waals surface area contributed by atoms with Crippen LogP contribution in [0.4, 0.5) is 0 Å². The molecule has 0 unspecified atom stereocenters. The Bertz CT molecular complexity index is 906. The molecule has 0 aliphatic rings. The largest absolute Gasteiger partial charge is 0.349 e. The van der Waals surface area contributed by atoms with E-state index < -0.39 is 0 Å². The SMILES string of the molecule is CC(=O)N[C@H](CC(=O)N(C)[C@H](C)c1nc2ccccc2s1)c1ccccc1. The monoisotopic (exact) mass is 381 g/mol. The van der Waals surface area contributed by atoms with Gasteiger partial charge in [0.1, 0.15) is 5.01 Å². The molecule has 1 heterocycles.